The summed E-state index contributed by atoms with van der Waals surface area (Å²) < 4.78 is 32.7. The van der Waals surface area contributed by atoms with E-state index in [-0.39, 0.29) is 35.2 Å². The maximum atomic E-state index is 13.1. The van der Waals surface area contributed by atoms with Gasteiger partial charge >= 0.3 is 0 Å². The molecular formula is C26H27N3O5S2. The summed E-state index contributed by atoms with van der Waals surface area (Å²) in [5, 5.41) is -0.137. The van der Waals surface area contributed by atoms with Gasteiger partial charge in [-0.1, -0.05) is 29.8 Å². The number of thioether (sulfide) groups is 1. The largest absolute Gasteiger partial charge is 0.467 e. The van der Waals surface area contributed by atoms with Gasteiger partial charge in [-0.2, -0.15) is 4.31 Å². The van der Waals surface area contributed by atoms with Crippen LogP contribution in [-0.2, 0) is 21.4 Å². The Bertz CT molecular complexity index is 1330. The van der Waals surface area contributed by atoms with Gasteiger partial charge in [0, 0.05) is 31.7 Å². The number of carbonyl (C=O) groups excluding carboxylic acids is 2. The molecule has 1 atom stereocenters. The number of piperazine rings is 1. The summed E-state index contributed by atoms with van der Waals surface area (Å²) in [5.41, 5.74) is 2.49. The van der Waals surface area contributed by atoms with Crippen molar-refractivity contribution in [2.45, 2.75) is 23.7 Å². The van der Waals surface area contributed by atoms with Crippen LogP contribution in [0.4, 0.5) is 0 Å². The molecule has 0 saturated carbocycles. The fourth-order valence-corrected chi connectivity index (χ4v) is 7.05. The molecule has 0 radical (unpaired) electrons. The first-order chi connectivity index (χ1) is 17.3. The quantitative estimate of drug-likeness (QED) is 0.489. The zero-order chi connectivity index (χ0) is 25.3. The second kappa shape index (κ2) is 10.1. The number of carbonyl (C=O) groups is 2. The molecule has 2 aliphatic heterocycles. The van der Waals surface area contributed by atoms with Crippen LogP contribution in [0.2, 0.25) is 0 Å². The summed E-state index contributed by atoms with van der Waals surface area (Å²) in [6, 6.07) is 17.8. The zero-order valence-corrected chi connectivity index (χ0v) is 21.5. The van der Waals surface area contributed by atoms with Crippen LogP contribution in [-0.4, -0.2) is 66.3 Å². The molecule has 8 nitrogen and oxygen atoms in total. The SMILES string of the molecule is Cc1ccc(S(=O)(=O)N2CCN(C(=O)c3ccc(C4SCC(=O)N4Cc4ccco4)cc3)CC2)cc1. The summed E-state index contributed by atoms with van der Waals surface area (Å²) >= 11 is 1.55. The highest BCUT2D eigenvalue weighted by Gasteiger charge is 2.34. The molecule has 2 aliphatic rings. The van der Waals surface area contributed by atoms with Gasteiger partial charge in [-0.25, -0.2) is 8.42 Å². The van der Waals surface area contributed by atoms with Gasteiger partial charge in [0.1, 0.15) is 11.1 Å². The number of benzene rings is 2. The highest BCUT2D eigenvalue weighted by Crippen LogP contribution is 2.39. The first-order valence-electron chi connectivity index (χ1n) is 11.7. The van der Waals surface area contributed by atoms with Gasteiger partial charge < -0.3 is 14.2 Å². The topological polar surface area (TPSA) is 91.1 Å². The third-order valence-electron chi connectivity index (χ3n) is 6.50. The highest BCUT2D eigenvalue weighted by atomic mass is 32.2. The Balaban J connectivity index is 1.22. The average Bonchev–Trinajstić information content (AvgIpc) is 3.54. The minimum Gasteiger partial charge on any atom is -0.467 e. The van der Waals surface area contributed by atoms with E-state index in [0.29, 0.717) is 31.0 Å². The van der Waals surface area contributed by atoms with Crippen LogP contribution >= 0.6 is 11.8 Å². The van der Waals surface area contributed by atoms with E-state index in [1.54, 1.807) is 70.3 Å². The van der Waals surface area contributed by atoms with E-state index in [1.807, 2.05) is 25.1 Å². The van der Waals surface area contributed by atoms with Crippen molar-refractivity contribution < 1.29 is 22.4 Å². The minimum absolute atomic E-state index is 0.0556. The molecule has 2 amide bonds. The normalized spacial score (nSPS) is 19.1. The Morgan fingerprint density at radius 3 is 2.33 bits per heavy atom. The maximum absolute atomic E-state index is 13.1. The van der Waals surface area contributed by atoms with Crippen molar-refractivity contribution in [1.29, 1.82) is 0 Å². The number of aryl methyl sites for hydroxylation is 1. The standard InChI is InChI=1S/C26H27N3O5S2/c1-19-4-10-23(11-5-19)36(32,33)28-14-12-27(13-15-28)25(31)20-6-8-21(9-7-20)26-29(24(30)18-35-26)17-22-3-2-16-34-22/h2-11,16,26H,12-15,17-18H2,1H3. The summed E-state index contributed by atoms with van der Waals surface area (Å²) in [6.07, 6.45) is 1.59. The lowest BCUT2D eigenvalue weighted by molar-refractivity contribution is -0.128. The number of amides is 2. The molecular weight excluding hydrogens is 498 g/mol. The van der Waals surface area contributed by atoms with Gasteiger partial charge in [-0.05, 0) is 48.9 Å². The maximum Gasteiger partial charge on any atom is 0.253 e. The molecule has 2 aromatic carbocycles. The van der Waals surface area contributed by atoms with Crippen molar-refractivity contribution in [2.75, 3.05) is 31.9 Å². The van der Waals surface area contributed by atoms with E-state index in [9.17, 15) is 18.0 Å². The van der Waals surface area contributed by atoms with Crippen LogP contribution in [0.25, 0.3) is 0 Å². The lowest BCUT2D eigenvalue weighted by atomic mass is 10.1. The summed E-state index contributed by atoms with van der Waals surface area (Å²) in [5.74, 6) is 1.06. The van der Waals surface area contributed by atoms with Crippen molar-refractivity contribution in [1.82, 2.24) is 14.1 Å². The number of hydrogen-bond acceptors (Lipinski definition) is 6. The Kier molecular flexibility index (Phi) is 6.92. The minimum atomic E-state index is -3.58. The molecule has 3 aromatic rings. The average molecular weight is 526 g/mol. The number of sulfonamides is 1. The van der Waals surface area contributed by atoms with E-state index in [0.717, 1.165) is 16.9 Å². The van der Waals surface area contributed by atoms with Gasteiger partial charge in [0.15, 0.2) is 0 Å². The fraction of sp³-hybridized carbons (Fsp3) is 0.308. The number of nitrogens with zero attached hydrogens (tertiary/aromatic N) is 3. The van der Waals surface area contributed by atoms with E-state index < -0.39 is 10.0 Å². The van der Waals surface area contributed by atoms with Gasteiger partial charge in [0.05, 0.1) is 23.5 Å². The van der Waals surface area contributed by atoms with Crippen LogP contribution < -0.4 is 0 Å². The van der Waals surface area contributed by atoms with Crippen molar-refractivity contribution in [2.24, 2.45) is 0 Å². The third-order valence-corrected chi connectivity index (χ3v) is 9.67. The summed E-state index contributed by atoms with van der Waals surface area (Å²) in [7, 11) is -3.58. The lowest BCUT2D eigenvalue weighted by Crippen LogP contribution is -2.50. The van der Waals surface area contributed by atoms with Gasteiger partial charge in [-0.15, -0.1) is 11.8 Å². The Morgan fingerprint density at radius 2 is 1.69 bits per heavy atom. The lowest BCUT2D eigenvalue weighted by Gasteiger charge is -2.34. The van der Waals surface area contributed by atoms with Crippen molar-refractivity contribution in [3.63, 3.8) is 0 Å². The molecule has 0 aliphatic carbocycles. The summed E-state index contributed by atoms with van der Waals surface area (Å²) in [6.45, 7) is 3.48. The molecule has 1 aromatic heterocycles. The molecule has 2 fully saturated rings. The van der Waals surface area contributed by atoms with E-state index in [1.165, 1.54) is 4.31 Å². The highest BCUT2D eigenvalue weighted by molar-refractivity contribution is 8.00. The second-order valence-electron chi connectivity index (χ2n) is 8.90. The number of rotatable bonds is 6. The predicted molar refractivity (Wildman–Crippen MR) is 137 cm³/mol. The van der Waals surface area contributed by atoms with E-state index in [2.05, 4.69) is 0 Å². The fourth-order valence-electron chi connectivity index (χ4n) is 4.44. The Hall–Kier alpha value is -3.08. The molecule has 0 spiro atoms. The van der Waals surface area contributed by atoms with Gasteiger partial charge in [0.25, 0.3) is 5.91 Å². The monoisotopic (exact) mass is 525 g/mol. The van der Waals surface area contributed by atoms with Gasteiger partial charge in [0.2, 0.25) is 15.9 Å². The van der Waals surface area contributed by atoms with Crippen LogP contribution in [0, 0.1) is 6.92 Å². The Labute approximate surface area is 214 Å². The molecule has 1 unspecified atom stereocenters. The molecule has 2 saturated heterocycles. The predicted octanol–water partition coefficient (Wildman–Crippen LogP) is 3.51. The molecule has 0 bridgehead atoms. The second-order valence-corrected chi connectivity index (χ2v) is 11.9. The summed E-state index contributed by atoms with van der Waals surface area (Å²) in [4.78, 5) is 29.3. The zero-order valence-electron chi connectivity index (χ0n) is 19.9. The van der Waals surface area contributed by atoms with E-state index in [4.69, 9.17) is 4.42 Å². The third kappa shape index (κ3) is 4.93. The van der Waals surface area contributed by atoms with E-state index >= 15 is 0 Å². The molecule has 188 valence electrons. The molecule has 0 N–H and O–H groups in total. The molecule has 10 heteroatoms. The van der Waals surface area contributed by atoms with Crippen molar-refractivity contribution in [3.8, 4) is 0 Å². The number of hydrogen-bond donors (Lipinski definition) is 0. The van der Waals surface area contributed by atoms with Crippen LogP contribution in [0.1, 0.15) is 32.6 Å². The van der Waals surface area contributed by atoms with Crippen LogP contribution in [0.15, 0.2) is 76.2 Å². The first kappa shape index (κ1) is 24.6. The Morgan fingerprint density at radius 1 is 1.00 bits per heavy atom. The van der Waals surface area contributed by atoms with Crippen LogP contribution in [0.5, 0.6) is 0 Å². The molecule has 36 heavy (non-hydrogen) atoms. The first-order valence-corrected chi connectivity index (χ1v) is 14.2. The smallest absolute Gasteiger partial charge is 0.253 e. The number of furan rings is 1. The molecule has 5 rings (SSSR count). The van der Waals surface area contributed by atoms with Gasteiger partial charge in [-0.3, -0.25) is 9.59 Å². The van der Waals surface area contributed by atoms with Crippen LogP contribution in [0.3, 0.4) is 0 Å². The van der Waals surface area contributed by atoms with Crippen molar-refractivity contribution >= 4 is 33.6 Å². The molecule has 3 heterocycles. The van der Waals surface area contributed by atoms with Crippen molar-refractivity contribution in [3.05, 3.63) is 89.4 Å².